The van der Waals surface area contributed by atoms with E-state index in [1.807, 2.05) is 78.9 Å². The van der Waals surface area contributed by atoms with Gasteiger partial charge in [-0.15, -0.1) is 0 Å². The molecule has 0 aliphatic carbocycles. The van der Waals surface area contributed by atoms with Gasteiger partial charge < -0.3 is 14.8 Å². The van der Waals surface area contributed by atoms with Crippen LogP contribution < -0.4 is 20.2 Å². The second-order valence-corrected chi connectivity index (χ2v) is 8.90. The number of hydrogen-bond donors (Lipinski definition) is 2. The number of hydrogen-bond acceptors (Lipinski definition) is 5. The van der Waals surface area contributed by atoms with Gasteiger partial charge in [-0.25, -0.2) is 5.01 Å². The van der Waals surface area contributed by atoms with Crippen LogP contribution in [0.2, 0.25) is 0 Å². The molecule has 1 aliphatic rings. The SMILES string of the molecule is COc1ccc(C2Nc3ccc(Br)cc3C(=O)N2NC(=O)COc2cccc3ccccc23)cc1. The summed E-state index contributed by atoms with van der Waals surface area (Å²) in [4.78, 5) is 26.4. The lowest BCUT2D eigenvalue weighted by Crippen LogP contribution is -2.53. The molecule has 35 heavy (non-hydrogen) atoms. The van der Waals surface area contributed by atoms with E-state index in [-0.39, 0.29) is 12.5 Å². The molecule has 1 atom stereocenters. The van der Waals surface area contributed by atoms with Crippen molar-refractivity contribution >= 4 is 44.2 Å². The summed E-state index contributed by atoms with van der Waals surface area (Å²) in [6.07, 6.45) is -0.622. The summed E-state index contributed by atoms with van der Waals surface area (Å²) in [6.45, 7) is -0.252. The average Bonchev–Trinajstić information content (AvgIpc) is 2.89. The van der Waals surface area contributed by atoms with Crippen molar-refractivity contribution in [1.29, 1.82) is 0 Å². The number of methoxy groups -OCH3 is 1. The molecule has 2 amide bonds. The molecule has 0 spiro atoms. The molecule has 0 fully saturated rings. The molecular formula is C27H22BrN3O4. The first kappa shape index (κ1) is 22.7. The number of ether oxygens (including phenoxy) is 2. The molecule has 0 radical (unpaired) electrons. The molecule has 1 unspecified atom stereocenters. The van der Waals surface area contributed by atoms with Crippen molar-refractivity contribution in [3.8, 4) is 11.5 Å². The summed E-state index contributed by atoms with van der Waals surface area (Å²) in [5.41, 5.74) is 4.64. The zero-order chi connectivity index (χ0) is 24.4. The second-order valence-electron chi connectivity index (χ2n) is 7.99. The highest BCUT2D eigenvalue weighted by molar-refractivity contribution is 9.10. The fourth-order valence-electron chi connectivity index (χ4n) is 4.04. The van der Waals surface area contributed by atoms with Crippen molar-refractivity contribution < 1.29 is 19.1 Å². The summed E-state index contributed by atoms with van der Waals surface area (Å²) >= 11 is 3.42. The van der Waals surface area contributed by atoms with E-state index in [4.69, 9.17) is 9.47 Å². The Kier molecular flexibility index (Phi) is 6.29. The van der Waals surface area contributed by atoms with Crippen LogP contribution in [-0.2, 0) is 4.79 Å². The summed E-state index contributed by atoms with van der Waals surface area (Å²) < 4.78 is 11.8. The van der Waals surface area contributed by atoms with Gasteiger partial charge in [0, 0.05) is 15.5 Å². The maximum atomic E-state index is 13.4. The van der Waals surface area contributed by atoms with E-state index >= 15 is 0 Å². The van der Waals surface area contributed by atoms with E-state index in [2.05, 4.69) is 26.7 Å². The van der Waals surface area contributed by atoms with Gasteiger partial charge >= 0.3 is 0 Å². The highest BCUT2D eigenvalue weighted by Gasteiger charge is 2.34. The van der Waals surface area contributed by atoms with Crippen LogP contribution in [0.5, 0.6) is 11.5 Å². The fourth-order valence-corrected chi connectivity index (χ4v) is 4.40. The van der Waals surface area contributed by atoms with Crippen molar-refractivity contribution in [2.75, 3.05) is 19.0 Å². The van der Waals surface area contributed by atoms with E-state index < -0.39 is 12.1 Å². The average molecular weight is 532 g/mol. The Bertz CT molecular complexity index is 1400. The highest BCUT2D eigenvalue weighted by Crippen LogP contribution is 2.34. The van der Waals surface area contributed by atoms with Gasteiger partial charge in [-0.3, -0.25) is 15.0 Å². The molecule has 2 N–H and O–H groups in total. The molecule has 7 nitrogen and oxygen atoms in total. The normalized spacial score (nSPS) is 14.7. The number of benzene rings is 4. The topological polar surface area (TPSA) is 79.9 Å². The smallest absolute Gasteiger partial charge is 0.276 e. The van der Waals surface area contributed by atoms with Crippen LogP contribution in [0.15, 0.2) is 89.4 Å². The number of hydrazine groups is 1. The van der Waals surface area contributed by atoms with Crippen LogP contribution in [0.1, 0.15) is 22.1 Å². The number of halogens is 1. The largest absolute Gasteiger partial charge is 0.497 e. The summed E-state index contributed by atoms with van der Waals surface area (Å²) in [5.74, 6) is 0.506. The second kappa shape index (κ2) is 9.68. The van der Waals surface area contributed by atoms with Gasteiger partial charge in [0.25, 0.3) is 11.8 Å². The quantitative estimate of drug-likeness (QED) is 0.353. The lowest BCUT2D eigenvalue weighted by atomic mass is 10.0. The van der Waals surface area contributed by atoms with Gasteiger partial charge in [-0.2, -0.15) is 0 Å². The molecule has 176 valence electrons. The minimum absolute atomic E-state index is 0.252. The maximum Gasteiger partial charge on any atom is 0.276 e. The molecule has 4 aromatic carbocycles. The monoisotopic (exact) mass is 531 g/mol. The zero-order valence-electron chi connectivity index (χ0n) is 18.8. The third kappa shape index (κ3) is 4.65. The highest BCUT2D eigenvalue weighted by atomic mass is 79.9. The van der Waals surface area contributed by atoms with Gasteiger partial charge in [-0.05, 0) is 47.3 Å². The predicted molar refractivity (Wildman–Crippen MR) is 137 cm³/mol. The fraction of sp³-hybridized carbons (Fsp3) is 0.111. The maximum absolute atomic E-state index is 13.4. The molecule has 0 saturated heterocycles. The number of fused-ring (bicyclic) bond motifs is 2. The van der Waals surface area contributed by atoms with Crippen LogP contribution in [0.4, 0.5) is 5.69 Å². The Labute approximate surface area is 210 Å². The number of rotatable bonds is 6. The van der Waals surface area contributed by atoms with Gasteiger partial charge in [0.15, 0.2) is 6.61 Å². The third-order valence-corrected chi connectivity index (χ3v) is 6.26. The number of carbonyl (C=O) groups is 2. The molecule has 0 bridgehead atoms. The Hall–Kier alpha value is -4.04. The zero-order valence-corrected chi connectivity index (χ0v) is 20.4. The summed E-state index contributed by atoms with van der Waals surface area (Å²) in [7, 11) is 1.59. The number of anilines is 1. The molecule has 5 rings (SSSR count). The number of nitrogens with zero attached hydrogens (tertiary/aromatic N) is 1. The Morgan fingerprint density at radius 2 is 1.80 bits per heavy atom. The minimum Gasteiger partial charge on any atom is -0.497 e. The van der Waals surface area contributed by atoms with Crippen LogP contribution >= 0.6 is 15.9 Å². The van der Waals surface area contributed by atoms with E-state index in [0.717, 1.165) is 20.8 Å². The first-order valence-electron chi connectivity index (χ1n) is 11.0. The van der Waals surface area contributed by atoms with Crippen molar-refractivity contribution in [3.05, 3.63) is 101 Å². The molecule has 1 aliphatic heterocycles. The first-order chi connectivity index (χ1) is 17.0. The van der Waals surface area contributed by atoms with Crippen LogP contribution in [-0.4, -0.2) is 30.5 Å². The molecular weight excluding hydrogens is 510 g/mol. The lowest BCUT2D eigenvalue weighted by Gasteiger charge is -2.37. The Balaban J connectivity index is 1.39. The standard InChI is InChI=1S/C27H22BrN3O4/c1-34-20-12-9-18(10-13-20)26-29-23-14-11-19(28)15-22(23)27(33)31(26)30-25(32)16-35-24-8-4-6-17-5-2-3-7-21(17)24/h2-15,26,29H,16H2,1H3,(H,30,32). The predicted octanol–water partition coefficient (Wildman–Crippen LogP) is 5.29. The van der Waals surface area contributed by atoms with Crippen LogP contribution in [0.3, 0.4) is 0 Å². The van der Waals surface area contributed by atoms with Crippen molar-refractivity contribution in [2.24, 2.45) is 0 Å². The van der Waals surface area contributed by atoms with Crippen LogP contribution in [0.25, 0.3) is 10.8 Å². The number of nitrogens with one attached hydrogen (secondary N) is 2. The van der Waals surface area contributed by atoms with E-state index in [9.17, 15) is 9.59 Å². The van der Waals surface area contributed by atoms with Gasteiger partial charge in [0.05, 0.1) is 12.7 Å². The van der Waals surface area contributed by atoms with E-state index in [0.29, 0.717) is 22.7 Å². The lowest BCUT2D eigenvalue weighted by molar-refractivity contribution is -0.127. The van der Waals surface area contributed by atoms with E-state index in [1.165, 1.54) is 5.01 Å². The molecule has 4 aromatic rings. The van der Waals surface area contributed by atoms with Crippen molar-refractivity contribution in [2.45, 2.75) is 6.17 Å². The summed E-state index contributed by atoms with van der Waals surface area (Å²) in [5, 5.41) is 6.57. The minimum atomic E-state index is -0.622. The molecule has 0 saturated carbocycles. The number of carbonyl (C=O) groups excluding carboxylic acids is 2. The summed E-state index contributed by atoms with van der Waals surface area (Å²) in [6, 6.07) is 26.2. The van der Waals surface area contributed by atoms with Crippen molar-refractivity contribution in [3.63, 3.8) is 0 Å². The first-order valence-corrected chi connectivity index (χ1v) is 11.8. The van der Waals surface area contributed by atoms with Crippen LogP contribution in [0, 0.1) is 0 Å². The Morgan fingerprint density at radius 1 is 1.03 bits per heavy atom. The number of amides is 2. The third-order valence-electron chi connectivity index (χ3n) is 5.77. The molecule has 0 aromatic heterocycles. The Morgan fingerprint density at radius 3 is 2.60 bits per heavy atom. The molecule has 8 heteroatoms. The van der Waals surface area contributed by atoms with Gasteiger partial charge in [0.1, 0.15) is 17.7 Å². The molecule has 1 heterocycles. The van der Waals surface area contributed by atoms with Gasteiger partial charge in [0.2, 0.25) is 0 Å². The van der Waals surface area contributed by atoms with E-state index in [1.54, 1.807) is 13.2 Å². The van der Waals surface area contributed by atoms with Gasteiger partial charge in [-0.1, -0.05) is 64.5 Å². The van der Waals surface area contributed by atoms with Crippen molar-refractivity contribution in [1.82, 2.24) is 10.4 Å².